The predicted molar refractivity (Wildman–Crippen MR) is 50.1 cm³/mol. The van der Waals surface area contributed by atoms with E-state index >= 15 is 0 Å². The molecule has 62 valence electrons. The molecular formula is C4H4Cl6. The topological polar surface area (TPSA) is 0 Å². The van der Waals surface area contributed by atoms with Crippen molar-refractivity contribution in [3.8, 4) is 0 Å². The Labute approximate surface area is 89.7 Å². The van der Waals surface area contributed by atoms with Gasteiger partial charge in [0.25, 0.3) is 0 Å². The van der Waals surface area contributed by atoms with Crippen molar-refractivity contribution in [1.82, 2.24) is 0 Å². The Morgan fingerprint density at radius 3 is 1.40 bits per heavy atom. The summed E-state index contributed by atoms with van der Waals surface area (Å²) in [7, 11) is 0. The normalized spacial score (nSPS) is 13.8. The Hall–Kier alpha value is 1.74. The lowest BCUT2D eigenvalue weighted by molar-refractivity contribution is 0.766. The molecule has 0 saturated carbocycles. The van der Waals surface area contributed by atoms with Gasteiger partial charge in [0.1, 0.15) is 0 Å². The van der Waals surface area contributed by atoms with Gasteiger partial charge in [-0.2, -0.15) is 0 Å². The number of hydrogen-bond acceptors (Lipinski definition) is 0. The van der Waals surface area contributed by atoms with Gasteiger partial charge in [-0.15, -0.1) is 11.6 Å². The molecule has 0 aliphatic carbocycles. The molecule has 0 aromatic carbocycles. The van der Waals surface area contributed by atoms with Crippen LogP contribution in [0.15, 0.2) is 0 Å². The molecule has 0 atom stereocenters. The Morgan fingerprint density at radius 1 is 0.900 bits per heavy atom. The third kappa shape index (κ3) is 3.42. The van der Waals surface area contributed by atoms with Crippen LogP contribution < -0.4 is 0 Å². The van der Waals surface area contributed by atoms with E-state index in [2.05, 4.69) is 0 Å². The molecular weight excluding hydrogens is 261 g/mol. The molecule has 0 nitrogen and oxygen atoms in total. The number of halogens is 6. The van der Waals surface area contributed by atoms with Gasteiger partial charge in [0.15, 0.2) is 4.33 Å². The lowest BCUT2D eigenvalue weighted by Crippen LogP contribution is -2.31. The fourth-order valence-corrected chi connectivity index (χ4v) is 1.21. The molecule has 0 rings (SSSR count). The lowest BCUT2D eigenvalue weighted by atomic mass is 10.3. The first-order valence-corrected chi connectivity index (χ1v) is 4.74. The molecule has 0 aliphatic heterocycles. The fourth-order valence-electron chi connectivity index (χ4n) is 0.260. The van der Waals surface area contributed by atoms with E-state index in [1.165, 1.54) is 0 Å². The van der Waals surface area contributed by atoms with Crippen molar-refractivity contribution in [3.63, 3.8) is 0 Å². The van der Waals surface area contributed by atoms with Gasteiger partial charge >= 0.3 is 0 Å². The molecule has 0 aromatic rings. The van der Waals surface area contributed by atoms with Crippen LogP contribution in [0.25, 0.3) is 0 Å². The number of hydrogen-bond donors (Lipinski definition) is 0. The Morgan fingerprint density at radius 2 is 1.30 bits per heavy atom. The largest absolute Gasteiger partial charge is 0.223 e. The summed E-state index contributed by atoms with van der Waals surface area (Å²) in [5, 5.41) is 0. The average Bonchev–Trinajstić information content (AvgIpc) is 1.61. The molecule has 0 saturated heterocycles. The maximum absolute atomic E-state index is 5.60. The lowest BCUT2D eigenvalue weighted by Gasteiger charge is -2.26. The van der Waals surface area contributed by atoms with Crippen LogP contribution in [0.3, 0.4) is 0 Å². The van der Waals surface area contributed by atoms with Crippen molar-refractivity contribution in [2.24, 2.45) is 0 Å². The van der Waals surface area contributed by atoms with Crippen molar-refractivity contribution in [3.05, 3.63) is 0 Å². The third-order valence-corrected chi connectivity index (χ3v) is 3.51. The maximum Gasteiger partial charge on any atom is 0.223 e. The highest BCUT2D eigenvalue weighted by Gasteiger charge is 2.44. The monoisotopic (exact) mass is 262 g/mol. The summed E-state index contributed by atoms with van der Waals surface area (Å²) in [6, 6.07) is 0. The van der Waals surface area contributed by atoms with Gasteiger partial charge in [-0.3, -0.25) is 0 Å². The molecule has 0 fully saturated rings. The summed E-state index contributed by atoms with van der Waals surface area (Å²) in [6.07, 6.45) is 0.230. The van der Waals surface area contributed by atoms with Crippen LogP contribution in [0.2, 0.25) is 0 Å². The molecule has 10 heavy (non-hydrogen) atoms. The quantitative estimate of drug-likeness (QED) is 0.657. The fraction of sp³-hybridized carbons (Fsp3) is 1.00. The van der Waals surface area contributed by atoms with E-state index in [0.29, 0.717) is 0 Å². The van der Waals surface area contributed by atoms with Crippen LogP contribution >= 0.6 is 69.6 Å². The van der Waals surface area contributed by atoms with E-state index in [1.54, 1.807) is 0 Å². The van der Waals surface area contributed by atoms with Crippen LogP contribution in [0.5, 0.6) is 0 Å². The minimum absolute atomic E-state index is 0.230. The van der Waals surface area contributed by atoms with Crippen molar-refractivity contribution in [2.45, 2.75) is 14.5 Å². The van der Waals surface area contributed by atoms with E-state index in [-0.39, 0.29) is 12.3 Å². The molecule has 0 N–H and O–H groups in total. The maximum atomic E-state index is 5.60. The second-order valence-corrected chi connectivity index (χ2v) is 5.78. The Bertz CT molecular complexity index is 103. The molecule has 0 heterocycles. The third-order valence-electron chi connectivity index (χ3n) is 0.823. The van der Waals surface area contributed by atoms with Crippen molar-refractivity contribution < 1.29 is 0 Å². The standard InChI is InChI=1S/C4H4Cl6/c5-2-1-3(6,7)4(8,9)10/h1-2H2. The zero-order valence-electron chi connectivity index (χ0n) is 4.68. The summed E-state index contributed by atoms with van der Waals surface area (Å²) < 4.78 is -3.09. The van der Waals surface area contributed by atoms with Crippen LogP contribution in [-0.2, 0) is 0 Å². The molecule has 0 aliphatic rings. The van der Waals surface area contributed by atoms with E-state index in [0.717, 1.165) is 0 Å². The zero-order valence-corrected chi connectivity index (χ0v) is 9.22. The zero-order chi connectivity index (χ0) is 8.41. The number of alkyl halides is 6. The van der Waals surface area contributed by atoms with Crippen LogP contribution in [0.1, 0.15) is 6.42 Å². The minimum Gasteiger partial charge on any atom is -0.127 e. The smallest absolute Gasteiger partial charge is 0.127 e. The summed E-state index contributed by atoms with van der Waals surface area (Å²) in [6.45, 7) is 0. The van der Waals surface area contributed by atoms with E-state index in [4.69, 9.17) is 69.6 Å². The molecule has 0 radical (unpaired) electrons. The SMILES string of the molecule is ClCCC(Cl)(Cl)C(Cl)(Cl)Cl. The highest BCUT2D eigenvalue weighted by atomic mass is 35.6. The predicted octanol–water partition coefficient (Wildman–Crippen LogP) is 4.16. The first-order chi connectivity index (χ1) is 4.31. The molecule has 0 amide bonds. The molecule has 0 aromatic heterocycles. The van der Waals surface area contributed by atoms with Gasteiger partial charge in [-0.05, 0) is 6.42 Å². The van der Waals surface area contributed by atoms with E-state index < -0.39 is 8.13 Å². The molecule has 0 unspecified atom stereocenters. The highest BCUT2D eigenvalue weighted by Crippen LogP contribution is 2.47. The van der Waals surface area contributed by atoms with Gasteiger partial charge in [-0.25, -0.2) is 0 Å². The second kappa shape index (κ2) is 4.11. The second-order valence-electron chi connectivity index (χ2n) is 1.64. The van der Waals surface area contributed by atoms with Gasteiger partial charge < -0.3 is 0 Å². The Balaban J connectivity index is 4.10. The van der Waals surface area contributed by atoms with Gasteiger partial charge in [0.2, 0.25) is 3.79 Å². The summed E-state index contributed by atoms with van der Waals surface area (Å²) in [4.78, 5) is 0. The van der Waals surface area contributed by atoms with Crippen LogP contribution in [-0.4, -0.2) is 14.0 Å². The highest BCUT2D eigenvalue weighted by molar-refractivity contribution is 6.75. The van der Waals surface area contributed by atoms with E-state index in [1.807, 2.05) is 0 Å². The minimum atomic E-state index is -1.69. The summed E-state index contributed by atoms with van der Waals surface area (Å²) >= 11 is 32.8. The van der Waals surface area contributed by atoms with Crippen molar-refractivity contribution in [1.29, 1.82) is 0 Å². The molecule has 0 spiro atoms. The molecule has 0 bridgehead atoms. The molecule has 6 heteroatoms. The van der Waals surface area contributed by atoms with Crippen molar-refractivity contribution in [2.75, 3.05) is 5.88 Å². The first kappa shape index (κ1) is 11.7. The van der Waals surface area contributed by atoms with Crippen LogP contribution in [0.4, 0.5) is 0 Å². The summed E-state index contributed by atoms with van der Waals surface area (Å²) in [5.41, 5.74) is 0. The van der Waals surface area contributed by atoms with E-state index in [9.17, 15) is 0 Å². The first-order valence-electron chi connectivity index (χ1n) is 2.32. The average molecular weight is 265 g/mol. The van der Waals surface area contributed by atoms with Gasteiger partial charge in [0.05, 0.1) is 0 Å². The summed E-state index contributed by atoms with van der Waals surface area (Å²) in [5.74, 6) is 0.251. The van der Waals surface area contributed by atoms with Crippen LogP contribution in [0, 0.1) is 0 Å². The van der Waals surface area contributed by atoms with Gasteiger partial charge in [0, 0.05) is 5.88 Å². The van der Waals surface area contributed by atoms with Gasteiger partial charge in [-0.1, -0.05) is 58.0 Å². The van der Waals surface area contributed by atoms with Crippen molar-refractivity contribution >= 4 is 69.6 Å². The number of rotatable bonds is 2. The Kier molecular flexibility index (Phi) is 4.83.